The minimum absolute atomic E-state index is 0. The fourth-order valence-corrected chi connectivity index (χ4v) is 5.69. The minimum atomic E-state index is -5.16. The van der Waals surface area contributed by atoms with Crippen LogP contribution < -0.4 is 10.6 Å². The van der Waals surface area contributed by atoms with E-state index in [1.165, 1.54) is 0 Å². The summed E-state index contributed by atoms with van der Waals surface area (Å²) in [4.78, 5) is 36.1. The van der Waals surface area contributed by atoms with Crippen LogP contribution in [0.15, 0.2) is 72.8 Å². The third-order valence-electron chi connectivity index (χ3n) is 4.58. The van der Waals surface area contributed by atoms with E-state index in [4.69, 9.17) is 4.52 Å². The van der Waals surface area contributed by atoms with Gasteiger partial charge < -0.3 is 5.48 Å². The smallest absolute Gasteiger partial charge is 0.412 e. The first-order chi connectivity index (χ1) is 12.7. The predicted octanol–water partition coefficient (Wildman–Crippen LogP) is 2.88. The Hall–Kier alpha value is -2.56. The number of hydrogen-bond donors (Lipinski definition) is 2. The number of rotatable bonds is 4. The normalized spacial score (nSPS) is 12.4. The van der Waals surface area contributed by atoms with Crippen LogP contribution in [0.2, 0.25) is 0 Å². The van der Waals surface area contributed by atoms with Gasteiger partial charge in [-0.05, 0) is 0 Å². The molecule has 3 aromatic carbocycles. The van der Waals surface area contributed by atoms with Gasteiger partial charge in [-0.25, -0.2) is 0 Å². The van der Waals surface area contributed by atoms with E-state index < -0.39 is 13.3 Å². The molecular formula is C22H25O5P. The number of carbonyl (C=O) groups excluding carboxylic acids is 1. The summed E-state index contributed by atoms with van der Waals surface area (Å²) in [6, 6.07) is 20.3. The van der Waals surface area contributed by atoms with Crippen LogP contribution in [0.1, 0.15) is 27.0 Å². The molecule has 0 atom stereocenters. The van der Waals surface area contributed by atoms with Crippen molar-refractivity contribution in [2.45, 2.75) is 20.8 Å². The van der Waals surface area contributed by atoms with Crippen LogP contribution in [0.4, 0.5) is 0 Å². The second-order valence-corrected chi connectivity index (χ2v) is 9.88. The molecule has 0 fully saturated rings. The van der Waals surface area contributed by atoms with E-state index in [1.807, 2.05) is 32.9 Å². The van der Waals surface area contributed by atoms with Crippen molar-refractivity contribution >= 4 is 23.9 Å². The van der Waals surface area contributed by atoms with Gasteiger partial charge in [0.2, 0.25) is 0 Å². The summed E-state index contributed by atoms with van der Waals surface area (Å²) in [5.41, 5.74) is 2.84. The molecule has 5 nitrogen and oxygen atoms in total. The maximum absolute atomic E-state index is 13.1. The van der Waals surface area contributed by atoms with Gasteiger partial charge in [-0.1, -0.05) is 0 Å². The first-order valence-electron chi connectivity index (χ1n) is 8.66. The van der Waals surface area contributed by atoms with Crippen LogP contribution >= 0.6 is 7.28 Å². The van der Waals surface area contributed by atoms with E-state index in [9.17, 15) is 14.6 Å². The summed E-state index contributed by atoms with van der Waals surface area (Å²) in [6.07, 6.45) is 0. The molecule has 0 spiro atoms. The molecule has 0 bridgehead atoms. The second kappa shape index (κ2) is 7.82. The van der Waals surface area contributed by atoms with E-state index in [1.54, 1.807) is 60.7 Å². The van der Waals surface area contributed by atoms with Crippen molar-refractivity contribution in [3.63, 3.8) is 0 Å². The summed E-state index contributed by atoms with van der Waals surface area (Å²) >= 11 is 0. The van der Waals surface area contributed by atoms with Gasteiger partial charge in [-0.2, -0.15) is 0 Å². The molecule has 0 aliphatic heterocycles. The van der Waals surface area contributed by atoms with Gasteiger partial charge in [0.15, 0.2) is 0 Å². The van der Waals surface area contributed by atoms with Gasteiger partial charge in [-0.15, -0.1) is 0 Å². The maximum atomic E-state index is 13.1. The quantitative estimate of drug-likeness (QED) is 0.658. The van der Waals surface area contributed by atoms with Gasteiger partial charge in [0.05, 0.1) is 0 Å². The zero-order valence-corrected chi connectivity index (χ0v) is 17.0. The Morgan fingerprint density at radius 1 is 0.786 bits per heavy atom. The molecule has 0 aliphatic carbocycles. The predicted molar refractivity (Wildman–Crippen MR) is 113 cm³/mol. The molecule has 0 amide bonds. The molecule has 6 heteroatoms. The van der Waals surface area contributed by atoms with Crippen molar-refractivity contribution in [3.05, 3.63) is 95.1 Å². The Bertz CT molecular complexity index is 918. The van der Waals surface area contributed by atoms with E-state index in [0.29, 0.717) is 5.56 Å². The molecular weight excluding hydrogens is 375 g/mol. The summed E-state index contributed by atoms with van der Waals surface area (Å²) in [5, 5.41) is 0.343. The Kier molecular flexibility index (Phi) is 6.07. The topological polar surface area (TPSA) is 98.3 Å². The van der Waals surface area contributed by atoms with Crippen LogP contribution in [0.25, 0.3) is 0 Å². The molecule has 3 rings (SSSR count). The van der Waals surface area contributed by atoms with E-state index in [0.717, 1.165) is 16.7 Å². The third kappa shape index (κ3) is 3.84. The van der Waals surface area contributed by atoms with Gasteiger partial charge in [-0.3, -0.25) is 0 Å². The van der Waals surface area contributed by atoms with Gasteiger partial charge >= 0.3 is 159 Å². The van der Waals surface area contributed by atoms with Crippen LogP contribution in [-0.4, -0.2) is 21.2 Å². The Morgan fingerprint density at radius 3 is 1.57 bits per heavy atom. The molecule has 3 aromatic rings. The third-order valence-corrected chi connectivity index (χ3v) is 7.55. The zero-order chi connectivity index (χ0) is 19.7. The largest absolute Gasteiger partial charge is 0.412 e. The number of benzene rings is 3. The van der Waals surface area contributed by atoms with E-state index in [2.05, 4.69) is 0 Å². The Balaban J connectivity index is 0.00000280. The van der Waals surface area contributed by atoms with Crippen molar-refractivity contribution in [2.24, 2.45) is 0 Å². The Morgan fingerprint density at radius 2 is 1.18 bits per heavy atom. The first kappa shape index (κ1) is 21.7. The second-order valence-electron chi connectivity index (χ2n) is 6.77. The standard InChI is InChI=1S/C22H23O4P.H2O/c1-16-14-17(2)21(18(3)15-16)22(23)26-27(24,25,19-10-6-4-7-11-19)20-12-8-5-9-13-20;/h4-15,24-25H,1-3H3;1H2. The van der Waals surface area contributed by atoms with Gasteiger partial charge in [0, 0.05) is 0 Å². The molecule has 0 radical (unpaired) electrons. The van der Waals surface area contributed by atoms with E-state index >= 15 is 0 Å². The SMILES string of the molecule is Cc1cc(C)c(C(=O)OP(O)(O)(c2ccccc2)c2ccccc2)c(C)c1.O. The number of hydrogen-bond acceptors (Lipinski definition) is 4. The number of carbonyl (C=O) groups is 1. The zero-order valence-electron chi connectivity index (χ0n) is 16.1. The van der Waals surface area contributed by atoms with E-state index in [-0.39, 0.29) is 16.1 Å². The molecule has 0 unspecified atom stereocenters. The fraction of sp³-hybridized carbons (Fsp3) is 0.136. The number of aryl methyl sites for hydroxylation is 3. The monoisotopic (exact) mass is 400 g/mol. The molecule has 0 saturated heterocycles. The summed E-state index contributed by atoms with van der Waals surface area (Å²) in [6.45, 7) is 5.57. The maximum Gasteiger partial charge on any atom is -0.412 e. The molecule has 0 saturated carbocycles. The summed E-state index contributed by atoms with van der Waals surface area (Å²) < 4.78 is 5.59. The Labute approximate surface area is 164 Å². The molecule has 4 N–H and O–H groups in total. The first-order valence-corrected chi connectivity index (χ1v) is 10.7. The molecule has 0 aromatic heterocycles. The summed E-state index contributed by atoms with van der Waals surface area (Å²) in [7, 11) is -5.16. The van der Waals surface area contributed by atoms with Crippen LogP contribution in [0.5, 0.6) is 0 Å². The van der Waals surface area contributed by atoms with Crippen molar-refractivity contribution in [2.75, 3.05) is 0 Å². The molecule has 28 heavy (non-hydrogen) atoms. The van der Waals surface area contributed by atoms with Crippen molar-refractivity contribution in [1.82, 2.24) is 0 Å². The van der Waals surface area contributed by atoms with Crippen molar-refractivity contribution in [3.8, 4) is 0 Å². The fourth-order valence-electron chi connectivity index (χ4n) is 3.35. The minimum Gasteiger partial charge on any atom is -0.412 e. The molecule has 0 aliphatic rings. The average molecular weight is 400 g/mol. The molecule has 0 heterocycles. The van der Waals surface area contributed by atoms with Gasteiger partial charge in [0.25, 0.3) is 0 Å². The van der Waals surface area contributed by atoms with Crippen molar-refractivity contribution in [1.29, 1.82) is 0 Å². The van der Waals surface area contributed by atoms with Crippen molar-refractivity contribution < 1.29 is 24.6 Å². The van der Waals surface area contributed by atoms with Gasteiger partial charge in [0.1, 0.15) is 0 Å². The molecule has 148 valence electrons. The average Bonchev–Trinajstić information content (AvgIpc) is 2.62. The summed E-state index contributed by atoms with van der Waals surface area (Å²) in [5.74, 6) is -0.750. The van der Waals surface area contributed by atoms with Crippen LogP contribution in [-0.2, 0) is 4.52 Å². The van der Waals surface area contributed by atoms with Crippen LogP contribution in [0, 0.1) is 20.8 Å². The van der Waals surface area contributed by atoms with Crippen LogP contribution in [0.3, 0.4) is 0 Å².